The van der Waals surface area contributed by atoms with E-state index in [-0.39, 0.29) is 11.7 Å². The molecule has 0 aliphatic rings. The molecule has 2 aromatic carbocycles. The van der Waals surface area contributed by atoms with Crippen LogP contribution in [0.25, 0.3) is 0 Å². The van der Waals surface area contributed by atoms with E-state index in [9.17, 15) is 9.90 Å². The zero-order chi connectivity index (χ0) is 16.5. The number of rotatable bonds is 7. The summed E-state index contributed by atoms with van der Waals surface area (Å²) in [6.45, 7) is 0. The third-order valence-electron chi connectivity index (χ3n) is 3.45. The number of phenolic OH excluding ortho intramolecular Hbond substituents is 1. The highest BCUT2D eigenvalue weighted by Gasteiger charge is 2.03. The molecule has 23 heavy (non-hydrogen) atoms. The number of hydrazone groups is 1. The maximum Gasteiger partial charge on any atom is 0.224 e. The minimum absolute atomic E-state index is 0.0369. The van der Waals surface area contributed by atoms with E-state index < -0.39 is 0 Å². The molecule has 0 radical (unpaired) electrons. The summed E-state index contributed by atoms with van der Waals surface area (Å²) in [6.07, 6.45) is 4.76. The van der Waals surface area contributed by atoms with Gasteiger partial charge in [0.05, 0.1) is 6.21 Å². The molecule has 0 fully saturated rings. The van der Waals surface area contributed by atoms with Crippen LogP contribution in [0.15, 0.2) is 53.6 Å². The molecule has 1 amide bonds. The standard InChI is InChI=1S/C18H21N3O2/c19-20-13-15-10-8-14(9-11-15)4-1-2-7-18(23)21-16-5-3-6-17(22)12-16/h3,5-6,8-13,22H,1-2,4,7,19H2,(H,21,23)/b20-13+. The number of nitrogens with zero attached hydrogens (tertiary/aromatic N) is 1. The molecule has 0 aliphatic heterocycles. The molecular weight excluding hydrogens is 290 g/mol. The van der Waals surface area contributed by atoms with Gasteiger partial charge >= 0.3 is 0 Å². The lowest BCUT2D eigenvalue weighted by molar-refractivity contribution is -0.116. The number of aromatic hydroxyl groups is 1. The Morgan fingerprint density at radius 2 is 1.96 bits per heavy atom. The number of benzene rings is 2. The first kappa shape index (κ1) is 16.5. The van der Waals surface area contributed by atoms with Gasteiger partial charge in [-0.05, 0) is 42.5 Å². The van der Waals surface area contributed by atoms with E-state index in [1.807, 2.05) is 24.3 Å². The lowest BCUT2D eigenvalue weighted by Crippen LogP contribution is -2.11. The van der Waals surface area contributed by atoms with Crippen LogP contribution in [0.2, 0.25) is 0 Å². The van der Waals surface area contributed by atoms with Crippen LogP contribution < -0.4 is 11.2 Å². The topological polar surface area (TPSA) is 87.7 Å². The van der Waals surface area contributed by atoms with Crippen molar-refractivity contribution in [3.05, 3.63) is 59.7 Å². The summed E-state index contributed by atoms with van der Waals surface area (Å²) in [4.78, 5) is 11.8. The number of phenols is 1. The molecule has 0 atom stereocenters. The van der Waals surface area contributed by atoms with Crippen molar-refractivity contribution in [2.45, 2.75) is 25.7 Å². The summed E-state index contributed by atoms with van der Waals surface area (Å²) in [5, 5.41) is 15.6. The second kappa shape index (κ2) is 8.58. The molecule has 2 rings (SSSR count). The fraction of sp³-hybridized carbons (Fsp3) is 0.222. The highest BCUT2D eigenvalue weighted by Crippen LogP contribution is 2.16. The molecule has 0 aliphatic carbocycles. The Morgan fingerprint density at radius 3 is 2.65 bits per heavy atom. The third kappa shape index (κ3) is 5.82. The van der Waals surface area contributed by atoms with Crippen LogP contribution in [0.3, 0.4) is 0 Å². The van der Waals surface area contributed by atoms with Gasteiger partial charge in [0.15, 0.2) is 0 Å². The normalized spacial score (nSPS) is 10.8. The van der Waals surface area contributed by atoms with Crippen molar-refractivity contribution in [2.75, 3.05) is 5.32 Å². The molecule has 0 bridgehead atoms. The van der Waals surface area contributed by atoms with Gasteiger partial charge in [0, 0.05) is 18.2 Å². The van der Waals surface area contributed by atoms with Gasteiger partial charge in [-0.3, -0.25) is 4.79 Å². The lowest BCUT2D eigenvalue weighted by Gasteiger charge is -2.06. The number of nitrogens with two attached hydrogens (primary N) is 1. The fourth-order valence-corrected chi connectivity index (χ4v) is 2.28. The molecule has 0 spiro atoms. The van der Waals surface area contributed by atoms with Crippen LogP contribution >= 0.6 is 0 Å². The number of hydrogen-bond donors (Lipinski definition) is 3. The second-order valence-corrected chi connectivity index (χ2v) is 5.33. The average Bonchev–Trinajstić information content (AvgIpc) is 2.53. The summed E-state index contributed by atoms with van der Waals surface area (Å²) >= 11 is 0. The molecule has 0 aromatic heterocycles. The van der Waals surface area contributed by atoms with Crippen LogP contribution in [0.1, 0.15) is 30.4 Å². The maximum absolute atomic E-state index is 11.8. The highest BCUT2D eigenvalue weighted by molar-refractivity contribution is 5.90. The largest absolute Gasteiger partial charge is 0.508 e. The summed E-state index contributed by atoms with van der Waals surface area (Å²) in [7, 11) is 0. The summed E-state index contributed by atoms with van der Waals surface area (Å²) < 4.78 is 0. The number of hydrogen-bond acceptors (Lipinski definition) is 4. The molecule has 0 saturated carbocycles. The molecule has 0 heterocycles. The van der Waals surface area contributed by atoms with E-state index in [1.54, 1.807) is 24.4 Å². The van der Waals surface area contributed by atoms with Gasteiger partial charge in [0.2, 0.25) is 5.91 Å². The summed E-state index contributed by atoms with van der Waals surface area (Å²) in [6, 6.07) is 14.6. The predicted molar refractivity (Wildman–Crippen MR) is 92.5 cm³/mol. The number of nitrogens with one attached hydrogen (secondary N) is 1. The minimum atomic E-state index is -0.0369. The van der Waals surface area contributed by atoms with Crippen molar-refractivity contribution in [1.82, 2.24) is 0 Å². The molecule has 5 nitrogen and oxygen atoms in total. The van der Waals surface area contributed by atoms with Gasteiger partial charge in [-0.1, -0.05) is 30.3 Å². The van der Waals surface area contributed by atoms with Crippen molar-refractivity contribution < 1.29 is 9.90 Å². The van der Waals surface area contributed by atoms with Crippen molar-refractivity contribution >= 4 is 17.8 Å². The molecule has 120 valence electrons. The maximum atomic E-state index is 11.8. The van der Waals surface area contributed by atoms with E-state index in [4.69, 9.17) is 5.84 Å². The Kier molecular flexibility index (Phi) is 6.17. The summed E-state index contributed by atoms with van der Waals surface area (Å²) in [5.41, 5.74) is 2.82. The highest BCUT2D eigenvalue weighted by atomic mass is 16.3. The van der Waals surface area contributed by atoms with Crippen LogP contribution in [0, 0.1) is 0 Å². The predicted octanol–water partition coefficient (Wildman–Crippen LogP) is 3.04. The zero-order valence-electron chi connectivity index (χ0n) is 12.9. The van der Waals surface area contributed by atoms with E-state index in [2.05, 4.69) is 10.4 Å². The van der Waals surface area contributed by atoms with Crippen LogP contribution in [-0.2, 0) is 11.2 Å². The molecule has 5 heteroatoms. The van der Waals surface area contributed by atoms with E-state index in [1.165, 1.54) is 11.6 Å². The molecule has 4 N–H and O–H groups in total. The first-order valence-electron chi connectivity index (χ1n) is 7.58. The van der Waals surface area contributed by atoms with E-state index in [0.717, 1.165) is 24.8 Å². The Morgan fingerprint density at radius 1 is 1.17 bits per heavy atom. The fourth-order valence-electron chi connectivity index (χ4n) is 2.28. The van der Waals surface area contributed by atoms with Crippen LogP contribution in [0.5, 0.6) is 5.75 Å². The van der Waals surface area contributed by atoms with Crippen molar-refractivity contribution in [2.24, 2.45) is 10.9 Å². The number of carbonyl (C=O) groups is 1. The molecule has 0 saturated heterocycles. The Labute approximate surface area is 135 Å². The van der Waals surface area contributed by atoms with Gasteiger partial charge in [-0.2, -0.15) is 5.10 Å². The molecule has 0 unspecified atom stereocenters. The first-order valence-corrected chi connectivity index (χ1v) is 7.58. The number of unbranched alkanes of at least 4 members (excludes halogenated alkanes) is 1. The first-order chi connectivity index (χ1) is 11.2. The lowest BCUT2D eigenvalue weighted by atomic mass is 10.1. The third-order valence-corrected chi connectivity index (χ3v) is 3.45. The molecule has 2 aromatic rings. The van der Waals surface area contributed by atoms with Crippen LogP contribution in [-0.4, -0.2) is 17.2 Å². The van der Waals surface area contributed by atoms with Crippen molar-refractivity contribution in [1.29, 1.82) is 0 Å². The number of aryl methyl sites for hydroxylation is 1. The van der Waals surface area contributed by atoms with Gasteiger partial charge in [-0.15, -0.1) is 0 Å². The number of anilines is 1. The SMILES string of the molecule is N/N=C/c1ccc(CCCCC(=O)Nc2cccc(O)c2)cc1. The van der Waals surface area contributed by atoms with E-state index >= 15 is 0 Å². The van der Waals surface area contributed by atoms with Gasteiger partial charge < -0.3 is 16.3 Å². The summed E-state index contributed by atoms with van der Waals surface area (Å²) in [5.74, 6) is 5.21. The van der Waals surface area contributed by atoms with Crippen molar-refractivity contribution in [3.8, 4) is 5.75 Å². The zero-order valence-corrected chi connectivity index (χ0v) is 12.9. The Balaban J connectivity index is 1.69. The number of carbonyl (C=O) groups excluding carboxylic acids is 1. The monoisotopic (exact) mass is 311 g/mol. The Hall–Kier alpha value is -2.82. The smallest absolute Gasteiger partial charge is 0.224 e. The Bertz CT molecular complexity index is 666. The quantitative estimate of drug-likeness (QED) is 0.318. The van der Waals surface area contributed by atoms with Crippen LogP contribution in [0.4, 0.5) is 5.69 Å². The minimum Gasteiger partial charge on any atom is -0.508 e. The van der Waals surface area contributed by atoms with Gasteiger partial charge in [0.25, 0.3) is 0 Å². The number of amides is 1. The average molecular weight is 311 g/mol. The molecular formula is C18H21N3O2. The van der Waals surface area contributed by atoms with Gasteiger partial charge in [0.1, 0.15) is 5.75 Å². The van der Waals surface area contributed by atoms with Gasteiger partial charge in [-0.25, -0.2) is 0 Å². The second-order valence-electron chi connectivity index (χ2n) is 5.33. The van der Waals surface area contributed by atoms with Crippen molar-refractivity contribution in [3.63, 3.8) is 0 Å². The van der Waals surface area contributed by atoms with E-state index in [0.29, 0.717) is 12.1 Å².